The molecule has 0 atom stereocenters. The SMILES string of the molecule is COc1ccc(NC(=O)Nc2ccccc2C(=O)OCc2ccccc2F)cc1. The fraction of sp³-hybridized carbons (Fsp3) is 0.0909. The molecule has 0 spiro atoms. The predicted octanol–water partition coefficient (Wildman–Crippen LogP) is 4.84. The quantitative estimate of drug-likeness (QED) is 0.587. The Morgan fingerprint density at radius 3 is 2.31 bits per heavy atom. The number of carbonyl (C=O) groups is 2. The third-order valence-corrected chi connectivity index (χ3v) is 4.06. The first kappa shape index (κ1) is 19.9. The van der Waals surface area contributed by atoms with Crippen molar-refractivity contribution >= 4 is 23.4 Å². The van der Waals surface area contributed by atoms with E-state index in [1.54, 1.807) is 61.7 Å². The molecule has 0 radical (unpaired) electrons. The number of anilines is 2. The van der Waals surface area contributed by atoms with Gasteiger partial charge in [0.05, 0.1) is 18.4 Å². The Morgan fingerprint density at radius 1 is 0.897 bits per heavy atom. The maximum absolute atomic E-state index is 13.7. The molecule has 6 nitrogen and oxygen atoms in total. The van der Waals surface area contributed by atoms with Gasteiger partial charge in [0.15, 0.2) is 0 Å². The fourth-order valence-corrected chi connectivity index (χ4v) is 2.57. The van der Waals surface area contributed by atoms with E-state index in [1.807, 2.05) is 0 Å². The third-order valence-electron chi connectivity index (χ3n) is 4.06. The van der Waals surface area contributed by atoms with Crippen molar-refractivity contribution in [3.8, 4) is 5.75 Å². The Balaban J connectivity index is 1.65. The second-order valence-electron chi connectivity index (χ2n) is 6.02. The highest BCUT2D eigenvalue weighted by Crippen LogP contribution is 2.19. The van der Waals surface area contributed by atoms with Gasteiger partial charge < -0.3 is 20.1 Å². The van der Waals surface area contributed by atoms with Crippen LogP contribution in [0, 0.1) is 5.82 Å². The first-order valence-corrected chi connectivity index (χ1v) is 8.78. The minimum Gasteiger partial charge on any atom is -0.497 e. The van der Waals surface area contributed by atoms with Crippen molar-refractivity contribution in [1.82, 2.24) is 0 Å². The fourth-order valence-electron chi connectivity index (χ4n) is 2.57. The summed E-state index contributed by atoms with van der Waals surface area (Å²) in [4.78, 5) is 24.7. The molecule has 29 heavy (non-hydrogen) atoms. The molecule has 7 heteroatoms. The first-order valence-electron chi connectivity index (χ1n) is 8.78. The van der Waals surface area contributed by atoms with Crippen LogP contribution in [-0.4, -0.2) is 19.1 Å². The highest BCUT2D eigenvalue weighted by atomic mass is 19.1. The molecule has 0 unspecified atom stereocenters. The topological polar surface area (TPSA) is 76.7 Å². The number of hydrogen-bond donors (Lipinski definition) is 2. The van der Waals surface area contributed by atoms with Gasteiger partial charge in [-0.15, -0.1) is 0 Å². The van der Waals surface area contributed by atoms with E-state index in [2.05, 4.69) is 10.6 Å². The van der Waals surface area contributed by atoms with Gasteiger partial charge in [0, 0.05) is 11.3 Å². The van der Waals surface area contributed by atoms with Crippen LogP contribution in [0.3, 0.4) is 0 Å². The molecule has 0 saturated heterocycles. The minimum atomic E-state index is -0.673. The van der Waals surface area contributed by atoms with Crippen molar-refractivity contribution in [2.75, 3.05) is 17.7 Å². The van der Waals surface area contributed by atoms with Crippen LogP contribution in [-0.2, 0) is 11.3 Å². The molecule has 0 aliphatic carbocycles. The number of hydrogen-bond acceptors (Lipinski definition) is 4. The molecule has 2 amide bonds. The number of para-hydroxylation sites is 1. The summed E-state index contributed by atoms with van der Waals surface area (Å²) < 4.78 is 24.0. The highest BCUT2D eigenvalue weighted by Gasteiger charge is 2.15. The summed E-state index contributed by atoms with van der Waals surface area (Å²) in [5.41, 5.74) is 1.26. The van der Waals surface area contributed by atoms with E-state index < -0.39 is 17.8 Å². The lowest BCUT2D eigenvalue weighted by atomic mass is 10.2. The number of methoxy groups -OCH3 is 1. The third kappa shape index (κ3) is 5.32. The van der Waals surface area contributed by atoms with Crippen LogP contribution < -0.4 is 15.4 Å². The number of amides is 2. The maximum atomic E-state index is 13.7. The van der Waals surface area contributed by atoms with Crippen molar-refractivity contribution in [2.24, 2.45) is 0 Å². The molecule has 0 saturated carbocycles. The first-order chi connectivity index (χ1) is 14.1. The van der Waals surface area contributed by atoms with Crippen molar-refractivity contribution < 1.29 is 23.5 Å². The molecule has 0 fully saturated rings. The monoisotopic (exact) mass is 394 g/mol. The molecule has 0 heterocycles. The van der Waals surface area contributed by atoms with Crippen molar-refractivity contribution in [1.29, 1.82) is 0 Å². The van der Waals surface area contributed by atoms with Gasteiger partial charge in [-0.05, 0) is 42.5 Å². The number of nitrogens with one attached hydrogen (secondary N) is 2. The van der Waals surface area contributed by atoms with Crippen LogP contribution in [0.15, 0.2) is 72.8 Å². The van der Waals surface area contributed by atoms with Crippen LogP contribution in [0.25, 0.3) is 0 Å². The van der Waals surface area contributed by atoms with Crippen LogP contribution in [0.1, 0.15) is 15.9 Å². The van der Waals surface area contributed by atoms with Gasteiger partial charge >= 0.3 is 12.0 Å². The number of rotatable bonds is 6. The normalized spacial score (nSPS) is 10.1. The van der Waals surface area contributed by atoms with Crippen molar-refractivity contribution in [2.45, 2.75) is 6.61 Å². The summed E-state index contributed by atoms with van der Waals surface area (Å²) in [6.07, 6.45) is 0. The van der Waals surface area contributed by atoms with Crippen LogP contribution in [0.4, 0.5) is 20.6 Å². The van der Waals surface area contributed by atoms with E-state index in [4.69, 9.17) is 9.47 Å². The number of ether oxygens (including phenoxy) is 2. The Morgan fingerprint density at radius 2 is 1.59 bits per heavy atom. The van der Waals surface area contributed by atoms with Gasteiger partial charge in [0.25, 0.3) is 0 Å². The lowest BCUT2D eigenvalue weighted by Gasteiger charge is -2.12. The van der Waals surface area contributed by atoms with E-state index in [-0.39, 0.29) is 23.4 Å². The van der Waals surface area contributed by atoms with Crippen LogP contribution >= 0.6 is 0 Å². The lowest BCUT2D eigenvalue weighted by molar-refractivity contribution is 0.0470. The van der Waals surface area contributed by atoms with Crippen molar-refractivity contribution in [3.05, 3.63) is 89.7 Å². The van der Waals surface area contributed by atoms with E-state index in [1.165, 1.54) is 18.2 Å². The number of benzene rings is 3. The zero-order valence-electron chi connectivity index (χ0n) is 15.6. The van der Waals surface area contributed by atoms with Gasteiger partial charge in [-0.3, -0.25) is 0 Å². The molecule has 0 bridgehead atoms. The Labute approximate surface area is 167 Å². The van der Waals surface area contributed by atoms with Gasteiger partial charge in [-0.25, -0.2) is 14.0 Å². The summed E-state index contributed by atoms with van der Waals surface area (Å²) in [7, 11) is 1.55. The van der Waals surface area contributed by atoms with Crippen LogP contribution in [0.5, 0.6) is 5.75 Å². The average molecular weight is 394 g/mol. The second-order valence-corrected chi connectivity index (χ2v) is 6.02. The summed E-state index contributed by atoms with van der Waals surface area (Å²) >= 11 is 0. The number of halogens is 1. The molecule has 148 valence electrons. The summed E-state index contributed by atoms with van der Waals surface area (Å²) in [6.45, 7) is -0.210. The maximum Gasteiger partial charge on any atom is 0.340 e. The Hall–Kier alpha value is -3.87. The summed E-state index contributed by atoms with van der Waals surface area (Å²) in [6, 6.07) is 18.7. The van der Waals surface area contributed by atoms with Gasteiger partial charge in [0.1, 0.15) is 18.2 Å². The summed E-state index contributed by atoms with van der Waals surface area (Å²) in [5.74, 6) is -0.460. The average Bonchev–Trinajstić information content (AvgIpc) is 2.74. The Kier molecular flexibility index (Phi) is 6.42. The zero-order chi connectivity index (χ0) is 20.6. The molecule has 3 rings (SSSR count). The van der Waals surface area contributed by atoms with Gasteiger partial charge in [-0.1, -0.05) is 30.3 Å². The second kappa shape index (κ2) is 9.36. The smallest absolute Gasteiger partial charge is 0.340 e. The lowest BCUT2D eigenvalue weighted by Crippen LogP contribution is -2.21. The van der Waals surface area contributed by atoms with E-state index in [0.717, 1.165) is 0 Å². The number of urea groups is 1. The Bertz CT molecular complexity index is 1010. The van der Waals surface area contributed by atoms with Gasteiger partial charge in [0.2, 0.25) is 0 Å². The molecular formula is C22H19FN2O4. The zero-order valence-corrected chi connectivity index (χ0v) is 15.6. The standard InChI is InChI=1S/C22H19FN2O4/c1-28-17-12-10-16(11-13-17)24-22(27)25-20-9-5-3-7-18(20)21(26)29-14-15-6-2-4-8-19(15)23/h2-13H,14H2,1H3,(H2,24,25,27). The molecule has 0 aliphatic rings. The number of esters is 1. The van der Waals surface area contributed by atoms with E-state index in [9.17, 15) is 14.0 Å². The molecule has 0 aliphatic heterocycles. The van der Waals surface area contributed by atoms with Crippen molar-refractivity contribution in [3.63, 3.8) is 0 Å². The van der Waals surface area contributed by atoms with E-state index in [0.29, 0.717) is 11.4 Å². The molecule has 0 aromatic heterocycles. The van der Waals surface area contributed by atoms with Crippen LogP contribution in [0.2, 0.25) is 0 Å². The number of carbonyl (C=O) groups excluding carboxylic acids is 2. The molecule has 3 aromatic carbocycles. The van der Waals surface area contributed by atoms with Gasteiger partial charge in [-0.2, -0.15) is 0 Å². The summed E-state index contributed by atoms with van der Waals surface area (Å²) in [5, 5.41) is 5.29. The molecular weight excluding hydrogens is 375 g/mol. The van der Waals surface area contributed by atoms with E-state index >= 15 is 0 Å². The minimum absolute atomic E-state index is 0.161. The predicted molar refractivity (Wildman–Crippen MR) is 108 cm³/mol. The molecule has 3 aromatic rings. The largest absolute Gasteiger partial charge is 0.497 e. The molecule has 2 N–H and O–H groups in total. The highest BCUT2D eigenvalue weighted by molar-refractivity contribution is 6.05.